The topological polar surface area (TPSA) is 58.5 Å². The molecule has 0 fully saturated rings. The summed E-state index contributed by atoms with van der Waals surface area (Å²) in [5, 5.41) is 7.64. The second-order valence-electron chi connectivity index (χ2n) is 5.87. The summed E-state index contributed by atoms with van der Waals surface area (Å²) in [6.45, 7) is 5.44. The number of benzene rings is 1. The third-order valence-corrected chi connectivity index (χ3v) is 4.66. The number of ether oxygens (including phenoxy) is 1. The van der Waals surface area contributed by atoms with Crippen LogP contribution in [0.1, 0.15) is 21.8 Å². The van der Waals surface area contributed by atoms with Gasteiger partial charge < -0.3 is 15.4 Å². The zero-order valence-corrected chi connectivity index (χ0v) is 19.0. The Kier molecular flexibility index (Phi) is 10.0. The van der Waals surface area contributed by atoms with Gasteiger partial charge in [0.25, 0.3) is 0 Å². The van der Waals surface area contributed by atoms with E-state index in [0.717, 1.165) is 33.6 Å². The smallest absolute Gasteiger partial charge is 0.434 e. The standard InChI is InChI=1S/C18H23F3N4OS.HI/c1-12-5-4-6-13(2)16(12)26-10-9-24-17(22-3)23-8-7-15-25-14(11-27-15)18(19,20)21;/h4-6,11H,7-10H2,1-3H3,(H2,22,23,24);1H. The molecule has 1 heterocycles. The Morgan fingerprint density at radius 3 is 2.39 bits per heavy atom. The zero-order valence-electron chi connectivity index (χ0n) is 15.9. The van der Waals surface area contributed by atoms with E-state index in [-0.39, 0.29) is 24.0 Å². The van der Waals surface area contributed by atoms with Gasteiger partial charge in [-0.25, -0.2) is 4.98 Å². The molecule has 1 aromatic carbocycles. The number of aliphatic imine (C=N–C) groups is 1. The number of hydrogen-bond donors (Lipinski definition) is 2. The Morgan fingerprint density at radius 1 is 1.18 bits per heavy atom. The molecule has 28 heavy (non-hydrogen) atoms. The van der Waals surface area contributed by atoms with Crippen LogP contribution in [0, 0.1) is 13.8 Å². The highest BCUT2D eigenvalue weighted by atomic mass is 127. The van der Waals surface area contributed by atoms with Crippen molar-refractivity contribution in [1.29, 1.82) is 0 Å². The van der Waals surface area contributed by atoms with Crippen molar-refractivity contribution in [2.45, 2.75) is 26.4 Å². The summed E-state index contributed by atoms with van der Waals surface area (Å²) < 4.78 is 43.4. The average molecular weight is 528 g/mol. The molecular weight excluding hydrogens is 504 g/mol. The molecule has 0 amide bonds. The van der Waals surface area contributed by atoms with Crippen molar-refractivity contribution in [2.75, 3.05) is 26.7 Å². The highest BCUT2D eigenvalue weighted by Crippen LogP contribution is 2.30. The van der Waals surface area contributed by atoms with Crippen molar-refractivity contribution in [3.63, 3.8) is 0 Å². The SMILES string of the molecule is CN=C(NCCOc1c(C)cccc1C)NCCc1nc(C(F)(F)F)cs1.I. The van der Waals surface area contributed by atoms with Crippen molar-refractivity contribution < 1.29 is 17.9 Å². The Bertz CT molecular complexity index is 760. The number of alkyl halides is 3. The second kappa shape index (κ2) is 11.4. The molecular formula is C18H24F3IN4OS. The van der Waals surface area contributed by atoms with Gasteiger partial charge in [0.15, 0.2) is 11.7 Å². The van der Waals surface area contributed by atoms with Crippen LogP contribution >= 0.6 is 35.3 Å². The third-order valence-electron chi connectivity index (χ3n) is 3.75. The maximum atomic E-state index is 12.5. The lowest BCUT2D eigenvalue weighted by Gasteiger charge is -2.14. The van der Waals surface area contributed by atoms with Crippen LogP contribution in [0.2, 0.25) is 0 Å². The summed E-state index contributed by atoms with van der Waals surface area (Å²) in [4.78, 5) is 7.69. The van der Waals surface area contributed by atoms with E-state index in [1.54, 1.807) is 7.05 Å². The maximum absolute atomic E-state index is 12.5. The van der Waals surface area contributed by atoms with Crippen LogP contribution in [0.3, 0.4) is 0 Å². The number of nitrogens with zero attached hydrogens (tertiary/aromatic N) is 2. The minimum absolute atomic E-state index is 0. The molecule has 0 radical (unpaired) electrons. The number of nitrogens with one attached hydrogen (secondary N) is 2. The lowest BCUT2D eigenvalue weighted by Crippen LogP contribution is -2.40. The Hall–Kier alpha value is -1.56. The minimum atomic E-state index is -4.39. The number of halogens is 4. The molecule has 2 N–H and O–H groups in total. The molecule has 0 spiro atoms. The molecule has 156 valence electrons. The lowest BCUT2D eigenvalue weighted by atomic mass is 10.1. The van der Waals surface area contributed by atoms with Crippen molar-refractivity contribution in [1.82, 2.24) is 15.6 Å². The van der Waals surface area contributed by atoms with Crippen LogP contribution in [0.5, 0.6) is 5.75 Å². The molecule has 0 bridgehead atoms. The molecule has 5 nitrogen and oxygen atoms in total. The molecule has 2 aromatic rings. The predicted molar refractivity (Wildman–Crippen MR) is 117 cm³/mol. The van der Waals surface area contributed by atoms with Gasteiger partial charge >= 0.3 is 6.18 Å². The monoisotopic (exact) mass is 528 g/mol. The van der Waals surface area contributed by atoms with E-state index in [4.69, 9.17) is 4.74 Å². The summed E-state index contributed by atoms with van der Waals surface area (Å²) in [7, 11) is 1.63. The maximum Gasteiger partial charge on any atom is 0.434 e. The van der Waals surface area contributed by atoms with Gasteiger partial charge in [-0.2, -0.15) is 13.2 Å². The summed E-state index contributed by atoms with van der Waals surface area (Å²) in [5.74, 6) is 1.44. The minimum Gasteiger partial charge on any atom is -0.491 e. The molecule has 10 heteroatoms. The molecule has 0 saturated heterocycles. The first-order chi connectivity index (χ1) is 12.8. The van der Waals surface area contributed by atoms with Crippen molar-refractivity contribution in [3.05, 3.63) is 45.4 Å². The van der Waals surface area contributed by atoms with Crippen LogP contribution < -0.4 is 15.4 Å². The molecule has 0 aliphatic heterocycles. The van der Waals surface area contributed by atoms with E-state index in [1.165, 1.54) is 0 Å². The largest absolute Gasteiger partial charge is 0.491 e. The van der Waals surface area contributed by atoms with Crippen molar-refractivity contribution in [2.24, 2.45) is 4.99 Å². The number of rotatable bonds is 7. The normalized spacial score (nSPS) is 11.7. The van der Waals surface area contributed by atoms with Gasteiger partial charge in [0.2, 0.25) is 0 Å². The first kappa shape index (κ1) is 24.5. The Morgan fingerprint density at radius 2 is 1.82 bits per heavy atom. The van der Waals surface area contributed by atoms with Crippen molar-refractivity contribution >= 4 is 41.3 Å². The van der Waals surface area contributed by atoms with E-state index in [0.29, 0.717) is 37.1 Å². The van der Waals surface area contributed by atoms with E-state index >= 15 is 0 Å². The van der Waals surface area contributed by atoms with Crippen LogP contribution in [0.15, 0.2) is 28.6 Å². The number of hydrogen-bond acceptors (Lipinski definition) is 4. The molecule has 1 aromatic heterocycles. The van der Waals surface area contributed by atoms with E-state index in [1.807, 2.05) is 32.0 Å². The van der Waals surface area contributed by atoms with Gasteiger partial charge in [-0.05, 0) is 25.0 Å². The lowest BCUT2D eigenvalue weighted by molar-refractivity contribution is -0.140. The van der Waals surface area contributed by atoms with E-state index < -0.39 is 11.9 Å². The molecule has 0 aliphatic carbocycles. The number of thiazole rings is 1. The summed E-state index contributed by atoms with van der Waals surface area (Å²) in [6, 6.07) is 5.99. The average Bonchev–Trinajstić information content (AvgIpc) is 3.08. The molecule has 0 atom stereocenters. The first-order valence-corrected chi connectivity index (χ1v) is 9.34. The number of aromatic nitrogens is 1. The van der Waals surface area contributed by atoms with Crippen LogP contribution in [-0.2, 0) is 12.6 Å². The summed E-state index contributed by atoms with van der Waals surface area (Å²) in [6.07, 6.45) is -4.00. The highest BCUT2D eigenvalue weighted by Gasteiger charge is 2.33. The molecule has 0 saturated carbocycles. The fourth-order valence-electron chi connectivity index (χ4n) is 2.41. The number of aryl methyl sites for hydroxylation is 2. The third kappa shape index (κ3) is 7.46. The number of guanidine groups is 1. The molecule has 0 unspecified atom stereocenters. The fourth-order valence-corrected chi connectivity index (χ4v) is 3.22. The Labute approximate surface area is 183 Å². The summed E-state index contributed by atoms with van der Waals surface area (Å²) >= 11 is 1.01. The Balaban J connectivity index is 0.00000392. The first-order valence-electron chi connectivity index (χ1n) is 8.46. The zero-order chi connectivity index (χ0) is 19.9. The van der Waals surface area contributed by atoms with Gasteiger partial charge in [0.05, 0.1) is 11.6 Å². The quantitative estimate of drug-likeness (QED) is 0.245. The van der Waals surface area contributed by atoms with Crippen LogP contribution in [0.25, 0.3) is 0 Å². The van der Waals surface area contributed by atoms with E-state index in [9.17, 15) is 13.2 Å². The fraction of sp³-hybridized carbons (Fsp3) is 0.444. The predicted octanol–water partition coefficient (Wildman–Crippen LogP) is 4.18. The van der Waals surface area contributed by atoms with Crippen molar-refractivity contribution in [3.8, 4) is 5.75 Å². The van der Waals surface area contributed by atoms with Gasteiger partial charge in [-0.3, -0.25) is 4.99 Å². The van der Waals surface area contributed by atoms with Gasteiger partial charge in [0.1, 0.15) is 12.4 Å². The molecule has 2 rings (SSSR count). The van der Waals surface area contributed by atoms with Gasteiger partial charge in [-0.1, -0.05) is 18.2 Å². The molecule has 0 aliphatic rings. The van der Waals surface area contributed by atoms with Gasteiger partial charge in [-0.15, -0.1) is 35.3 Å². The highest BCUT2D eigenvalue weighted by molar-refractivity contribution is 14.0. The van der Waals surface area contributed by atoms with E-state index in [2.05, 4.69) is 20.6 Å². The van der Waals surface area contributed by atoms with Crippen LogP contribution in [-0.4, -0.2) is 37.7 Å². The number of para-hydroxylation sites is 1. The summed E-state index contributed by atoms with van der Waals surface area (Å²) in [5.41, 5.74) is 1.33. The second-order valence-corrected chi connectivity index (χ2v) is 6.81. The van der Waals surface area contributed by atoms with Gasteiger partial charge in [0, 0.05) is 25.4 Å². The van der Waals surface area contributed by atoms with Crippen LogP contribution in [0.4, 0.5) is 13.2 Å².